The van der Waals surface area contributed by atoms with Crippen LogP contribution in [0.15, 0.2) is 12.7 Å². The lowest BCUT2D eigenvalue weighted by Crippen LogP contribution is -2.15. The molecule has 12 heavy (non-hydrogen) atoms. The molecule has 1 aliphatic rings. The minimum absolute atomic E-state index is 0.804. The minimum atomic E-state index is 0.804. The van der Waals surface area contributed by atoms with E-state index in [1.165, 1.54) is 0 Å². The van der Waals surface area contributed by atoms with Crippen molar-refractivity contribution in [3.05, 3.63) is 12.7 Å². The Morgan fingerprint density at radius 1 is 0.917 bits per heavy atom. The molecule has 60 valence electrons. The average Bonchev–Trinajstić information content (AvgIpc) is 2.71. The second kappa shape index (κ2) is 1.90. The summed E-state index contributed by atoms with van der Waals surface area (Å²) in [6.07, 6.45) is 3.43. The summed E-state index contributed by atoms with van der Waals surface area (Å²) < 4.78 is 3.95. The van der Waals surface area contributed by atoms with Crippen molar-refractivity contribution in [3.8, 4) is 11.6 Å². The maximum atomic E-state index is 3.96. The summed E-state index contributed by atoms with van der Waals surface area (Å²) in [5.74, 6) is 1.61. The van der Waals surface area contributed by atoms with Gasteiger partial charge in [0.15, 0.2) is 0 Å². The first kappa shape index (κ1) is 5.87. The molecule has 0 N–H and O–H groups in total. The molecule has 0 unspecified atom stereocenters. The maximum absolute atomic E-state index is 3.96. The predicted molar refractivity (Wildman–Crippen MR) is 39.0 cm³/mol. The van der Waals surface area contributed by atoms with Gasteiger partial charge in [-0.2, -0.15) is 0 Å². The van der Waals surface area contributed by atoms with Crippen LogP contribution < -0.4 is 0 Å². The maximum Gasteiger partial charge on any atom is 0.201 e. The van der Waals surface area contributed by atoms with E-state index in [0.29, 0.717) is 0 Å². The lowest BCUT2D eigenvalue weighted by Gasteiger charge is -2.13. The first-order valence-corrected chi connectivity index (χ1v) is 3.71. The third-order valence-corrected chi connectivity index (χ3v) is 2.01. The predicted octanol–water partition coefficient (Wildman–Crippen LogP) is -0.450. The molecular weight excluding hydrogens is 156 g/mol. The largest absolute Gasteiger partial charge is 0.309 e. The van der Waals surface area contributed by atoms with Gasteiger partial charge in [-0.05, 0) is 0 Å². The average molecular weight is 162 g/mol. The van der Waals surface area contributed by atoms with Crippen molar-refractivity contribution >= 4 is 0 Å². The minimum Gasteiger partial charge on any atom is -0.309 e. The molecule has 2 aromatic heterocycles. The zero-order chi connectivity index (χ0) is 7.97. The van der Waals surface area contributed by atoms with Crippen molar-refractivity contribution in [1.29, 1.82) is 0 Å². The summed E-state index contributed by atoms with van der Waals surface area (Å²) in [4.78, 5) is 0. The van der Waals surface area contributed by atoms with E-state index >= 15 is 0 Å². The van der Waals surface area contributed by atoms with Crippen molar-refractivity contribution in [3.63, 3.8) is 0 Å². The van der Waals surface area contributed by atoms with Crippen LogP contribution in [-0.2, 0) is 13.1 Å². The second-order valence-electron chi connectivity index (χ2n) is 2.70. The van der Waals surface area contributed by atoms with E-state index in [1.54, 1.807) is 12.7 Å². The van der Waals surface area contributed by atoms with Gasteiger partial charge in [-0.15, -0.1) is 20.4 Å². The highest BCUT2D eigenvalue weighted by Gasteiger charge is 2.18. The summed E-state index contributed by atoms with van der Waals surface area (Å²) in [6, 6.07) is 0. The Labute approximate surface area is 67.9 Å². The molecule has 0 aromatic carbocycles. The Morgan fingerprint density at radius 2 is 1.42 bits per heavy atom. The molecule has 3 rings (SSSR count). The number of fused-ring (bicyclic) bond motifs is 3. The van der Waals surface area contributed by atoms with Crippen LogP contribution in [-0.4, -0.2) is 29.5 Å². The van der Waals surface area contributed by atoms with Gasteiger partial charge in [0.25, 0.3) is 0 Å². The fourth-order valence-electron chi connectivity index (χ4n) is 1.40. The molecule has 0 saturated carbocycles. The number of hydrogen-bond acceptors (Lipinski definition) is 4. The number of hydrogen-bond donors (Lipinski definition) is 0. The Hall–Kier alpha value is -1.72. The van der Waals surface area contributed by atoms with Gasteiger partial charge >= 0.3 is 0 Å². The van der Waals surface area contributed by atoms with Crippen LogP contribution in [0.4, 0.5) is 0 Å². The zero-order valence-electron chi connectivity index (χ0n) is 6.25. The molecule has 0 bridgehead atoms. The molecule has 6 heteroatoms. The van der Waals surface area contributed by atoms with E-state index in [4.69, 9.17) is 0 Å². The van der Waals surface area contributed by atoms with Crippen LogP contribution in [0.25, 0.3) is 11.6 Å². The van der Waals surface area contributed by atoms with E-state index < -0.39 is 0 Å². The van der Waals surface area contributed by atoms with Crippen molar-refractivity contribution in [2.75, 3.05) is 0 Å². The van der Waals surface area contributed by atoms with Crippen molar-refractivity contribution in [1.82, 2.24) is 29.5 Å². The summed E-state index contributed by atoms with van der Waals surface area (Å²) >= 11 is 0. The molecule has 3 heterocycles. The fraction of sp³-hybridized carbons (Fsp3) is 0.333. The van der Waals surface area contributed by atoms with Crippen LogP contribution in [0.5, 0.6) is 0 Å². The highest BCUT2D eigenvalue weighted by molar-refractivity contribution is 5.43. The first-order valence-electron chi connectivity index (χ1n) is 3.71. The smallest absolute Gasteiger partial charge is 0.201 e. The van der Waals surface area contributed by atoms with E-state index in [1.807, 2.05) is 9.13 Å². The quantitative estimate of drug-likeness (QED) is 0.526. The molecule has 0 amide bonds. The van der Waals surface area contributed by atoms with E-state index in [0.717, 1.165) is 24.7 Å². The Bertz CT molecular complexity index is 373. The molecule has 6 nitrogen and oxygen atoms in total. The van der Waals surface area contributed by atoms with Crippen molar-refractivity contribution in [2.24, 2.45) is 0 Å². The molecule has 0 atom stereocenters. The zero-order valence-corrected chi connectivity index (χ0v) is 6.25. The van der Waals surface area contributed by atoms with E-state index in [9.17, 15) is 0 Å². The van der Waals surface area contributed by atoms with Crippen LogP contribution in [0.2, 0.25) is 0 Å². The molecular formula is C6H6N6. The van der Waals surface area contributed by atoms with Crippen LogP contribution in [0, 0.1) is 0 Å². The third kappa shape index (κ3) is 0.590. The number of nitrogens with zero attached hydrogens (tertiary/aromatic N) is 6. The standard InChI is InChI=1S/C6H6N6/c1-2-12-4-8-10-6(12)5-9-7-3-11(1)5/h3-4H,1-2H2. The number of aryl methyl sites for hydroxylation is 2. The third-order valence-electron chi connectivity index (χ3n) is 2.01. The van der Waals surface area contributed by atoms with Crippen LogP contribution in [0.1, 0.15) is 0 Å². The molecule has 0 spiro atoms. The summed E-state index contributed by atoms with van der Waals surface area (Å²) in [6.45, 7) is 1.79. The molecule has 0 saturated heterocycles. The second-order valence-corrected chi connectivity index (χ2v) is 2.70. The van der Waals surface area contributed by atoms with Gasteiger partial charge in [-0.1, -0.05) is 0 Å². The Morgan fingerprint density at radius 3 is 1.92 bits per heavy atom. The number of aromatic nitrogens is 6. The first-order chi connectivity index (χ1) is 5.95. The highest BCUT2D eigenvalue weighted by Crippen LogP contribution is 2.17. The van der Waals surface area contributed by atoms with E-state index in [-0.39, 0.29) is 0 Å². The fourth-order valence-corrected chi connectivity index (χ4v) is 1.40. The van der Waals surface area contributed by atoms with Gasteiger partial charge in [0.2, 0.25) is 11.6 Å². The number of rotatable bonds is 0. The van der Waals surface area contributed by atoms with Crippen molar-refractivity contribution < 1.29 is 0 Å². The normalized spacial score (nSPS) is 14.0. The molecule has 2 aromatic rings. The molecule has 0 aliphatic carbocycles. The molecule has 1 aliphatic heterocycles. The summed E-state index contributed by atoms with van der Waals surface area (Å²) in [7, 11) is 0. The van der Waals surface area contributed by atoms with E-state index in [2.05, 4.69) is 20.4 Å². The lowest BCUT2D eigenvalue weighted by atomic mass is 10.4. The Balaban J connectivity index is 2.32. The van der Waals surface area contributed by atoms with Crippen LogP contribution in [0.3, 0.4) is 0 Å². The topological polar surface area (TPSA) is 61.4 Å². The molecule has 0 fully saturated rings. The van der Waals surface area contributed by atoms with Crippen molar-refractivity contribution in [2.45, 2.75) is 13.1 Å². The van der Waals surface area contributed by atoms with Gasteiger partial charge in [0.05, 0.1) is 0 Å². The summed E-state index contributed by atoms with van der Waals surface area (Å²) in [5, 5.41) is 15.5. The van der Waals surface area contributed by atoms with Crippen LogP contribution >= 0.6 is 0 Å². The Kier molecular flexibility index (Phi) is 0.931. The van der Waals surface area contributed by atoms with Gasteiger partial charge in [-0.25, -0.2) is 0 Å². The van der Waals surface area contributed by atoms with Gasteiger partial charge in [0, 0.05) is 13.1 Å². The monoisotopic (exact) mass is 162 g/mol. The van der Waals surface area contributed by atoms with Gasteiger partial charge in [0.1, 0.15) is 12.7 Å². The van der Waals surface area contributed by atoms with Gasteiger partial charge < -0.3 is 9.13 Å². The van der Waals surface area contributed by atoms with Gasteiger partial charge in [-0.3, -0.25) is 0 Å². The molecule has 0 radical (unpaired) electrons. The lowest BCUT2D eigenvalue weighted by molar-refractivity contribution is 0.551. The summed E-state index contributed by atoms with van der Waals surface area (Å²) in [5.41, 5.74) is 0. The highest BCUT2D eigenvalue weighted by atomic mass is 15.4. The SMILES string of the molecule is c1nnc2n1CCn1cnnc1-2.